The van der Waals surface area contributed by atoms with Gasteiger partial charge in [-0.15, -0.1) is 0 Å². The summed E-state index contributed by atoms with van der Waals surface area (Å²) >= 11 is 0. The molecule has 2 aromatic rings. The minimum atomic E-state index is 0.692. The van der Waals surface area contributed by atoms with Crippen LogP contribution in [0, 0.1) is 5.92 Å². The molecule has 0 bridgehead atoms. The van der Waals surface area contributed by atoms with Crippen molar-refractivity contribution in [3.63, 3.8) is 0 Å². The first-order chi connectivity index (χ1) is 10.3. The maximum atomic E-state index is 5.10. The molecular weight excluding hydrogens is 258 g/mol. The van der Waals surface area contributed by atoms with Crippen LogP contribution in [0.3, 0.4) is 0 Å². The molecule has 0 aliphatic carbocycles. The van der Waals surface area contributed by atoms with Gasteiger partial charge in [0.25, 0.3) is 0 Å². The molecule has 114 valence electrons. The number of methoxy groups -OCH3 is 1. The number of fused-ring (bicyclic) bond motifs is 1. The van der Waals surface area contributed by atoms with Gasteiger partial charge >= 0.3 is 0 Å². The van der Waals surface area contributed by atoms with Crippen LogP contribution in [0.15, 0.2) is 42.5 Å². The average Bonchev–Trinajstić information content (AvgIpc) is 2.52. The van der Waals surface area contributed by atoms with Crippen LogP contribution >= 0.6 is 0 Å². The monoisotopic (exact) mass is 285 g/mol. The molecule has 0 spiro atoms. The van der Waals surface area contributed by atoms with Gasteiger partial charge in [-0.25, -0.2) is 0 Å². The minimum absolute atomic E-state index is 0.692. The van der Waals surface area contributed by atoms with Crippen molar-refractivity contribution in [3.05, 3.63) is 48.0 Å². The third-order valence-corrected chi connectivity index (χ3v) is 4.00. The molecular formula is C19H27NO. The highest BCUT2D eigenvalue weighted by Crippen LogP contribution is 2.22. The third-order valence-electron chi connectivity index (χ3n) is 4.00. The molecule has 2 aromatic carbocycles. The number of hydrogen-bond acceptors (Lipinski definition) is 2. The van der Waals surface area contributed by atoms with E-state index >= 15 is 0 Å². The second-order valence-electron chi connectivity index (χ2n) is 5.69. The van der Waals surface area contributed by atoms with Gasteiger partial charge in [-0.2, -0.15) is 0 Å². The Morgan fingerprint density at radius 1 is 1.10 bits per heavy atom. The molecule has 21 heavy (non-hydrogen) atoms. The molecule has 2 nitrogen and oxygen atoms in total. The molecule has 0 aliphatic heterocycles. The van der Waals surface area contributed by atoms with Gasteiger partial charge in [-0.05, 0) is 41.6 Å². The molecule has 0 aliphatic rings. The Hall–Kier alpha value is -1.38. The van der Waals surface area contributed by atoms with Gasteiger partial charge in [0.15, 0.2) is 0 Å². The second kappa shape index (κ2) is 8.81. The summed E-state index contributed by atoms with van der Waals surface area (Å²) in [6.45, 7) is 5.06. The van der Waals surface area contributed by atoms with Gasteiger partial charge in [-0.3, -0.25) is 0 Å². The van der Waals surface area contributed by atoms with Gasteiger partial charge in [0.1, 0.15) is 0 Å². The van der Waals surface area contributed by atoms with Crippen LogP contribution in [-0.4, -0.2) is 26.8 Å². The minimum Gasteiger partial charge on any atom is -0.383 e. The molecule has 0 radical (unpaired) electrons. The van der Waals surface area contributed by atoms with E-state index in [1.807, 2.05) is 0 Å². The lowest BCUT2D eigenvalue weighted by molar-refractivity contribution is 0.197. The highest BCUT2D eigenvalue weighted by Gasteiger charge is 2.10. The van der Waals surface area contributed by atoms with Crippen molar-refractivity contribution >= 4 is 10.8 Å². The van der Waals surface area contributed by atoms with E-state index in [1.165, 1.54) is 29.2 Å². The van der Waals surface area contributed by atoms with Crippen molar-refractivity contribution in [1.29, 1.82) is 0 Å². The van der Waals surface area contributed by atoms with Crippen LogP contribution < -0.4 is 5.32 Å². The fraction of sp³-hybridized carbons (Fsp3) is 0.474. The van der Waals surface area contributed by atoms with Crippen molar-refractivity contribution < 1.29 is 4.74 Å². The van der Waals surface area contributed by atoms with Crippen molar-refractivity contribution in [2.24, 2.45) is 5.92 Å². The number of ether oxygens (including phenoxy) is 1. The SMILES string of the molecule is CCCC(CNCCOC)Cc1cccc2ccccc12. The van der Waals surface area contributed by atoms with E-state index in [9.17, 15) is 0 Å². The molecule has 0 aromatic heterocycles. The molecule has 0 heterocycles. The van der Waals surface area contributed by atoms with Crippen LogP contribution in [0.1, 0.15) is 25.3 Å². The van der Waals surface area contributed by atoms with Crippen molar-refractivity contribution in [2.75, 3.05) is 26.8 Å². The number of rotatable bonds is 9. The normalized spacial score (nSPS) is 12.7. The summed E-state index contributed by atoms with van der Waals surface area (Å²) in [4.78, 5) is 0. The average molecular weight is 285 g/mol. The molecule has 1 unspecified atom stereocenters. The summed E-state index contributed by atoms with van der Waals surface area (Å²) < 4.78 is 5.10. The standard InChI is InChI=1S/C19H27NO/c1-3-7-16(15-20-12-13-21-2)14-18-10-6-9-17-8-4-5-11-19(17)18/h4-6,8-11,16,20H,3,7,12-15H2,1-2H3. The first kappa shape index (κ1) is 16.0. The van der Waals surface area contributed by atoms with Gasteiger partial charge in [0, 0.05) is 13.7 Å². The maximum Gasteiger partial charge on any atom is 0.0587 e. The van der Waals surface area contributed by atoms with Gasteiger partial charge in [0.05, 0.1) is 6.61 Å². The lowest BCUT2D eigenvalue weighted by atomic mass is 9.92. The summed E-state index contributed by atoms with van der Waals surface area (Å²) in [5.41, 5.74) is 1.47. The highest BCUT2D eigenvalue weighted by atomic mass is 16.5. The van der Waals surface area contributed by atoms with Crippen LogP contribution in [0.2, 0.25) is 0 Å². The molecule has 2 rings (SSSR count). The van der Waals surface area contributed by atoms with Crippen molar-refractivity contribution in [2.45, 2.75) is 26.2 Å². The van der Waals surface area contributed by atoms with Crippen LogP contribution in [0.5, 0.6) is 0 Å². The zero-order valence-corrected chi connectivity index (χ0v) is 13.3. The largest absolute Gasteiger partial charge is 0.383 e. The van der Waals surface area contributed by atoms with Gasteiger partial charge < -0.3 is 10.1 Å². The summed E-state index contributed by atoms with van der Waals surface area (Å²) in [7, 11) is 1.75. The van der Waals surface area contributed by atoms with E-state index in [0.29, 0.717) is 5.92 Å². The van der Waals surface area contributed by atoms with E-state index in [1.54, 1.807) is 7.11 Å². The Kier molecular flexibility index (Phi) is 6.71. The van der Waals surface area contributed by atoms with Crippen molar-refractivity contribution in [1.82, 2.24) is 5.32 Å². The second-order valence-corrected chi connectivity index (χ2v) is 5.69. The quantitative estimate of drug-likeness (QED) is 0.702. The van der Waals surface area contributed by atoms with E-state index in [-0.39, 0.29) is 0 Å². The first-order valence-corrected chi connectivity index (χ1v) is 8.01. The van der Waals surface area contributed by atoms with Gasteiger partial charge in [-0.1, -0.05) is 55.8 Å². The zero-order chi connectivity index (χ0) is 14.9. The third kappa shape index (κ3) is 4.83. The zero-order valence-electron chi connectivity index (χ0n) is 13.3. The van der Waals surface area contributed by atoms with Crippen LogP contribution in [-0.2, 0) is 11.2 Å². The van der Waals surface area contributed by atoms with Crippen molar-refractivity contribution in [3.8, 4) is 0 Å². The predicted octanol–water partition coefficient (Wildman–Crippen LogP) is 4.03. The lowest BCUT2D eigenvalue weighted by Crippen LogP contribution is -2.27. The number of hydrogen-bond donors (Lipinski definition) is 1. The Morgan fingerprint density at radius 3 is 2.71 bits per heavy atom. The fourth-order valence-electron chi connectivity index (χ4n) is 2.95. The van der Waals surface area contributed by atoms with Gasteiger partial charge in [0.2, 0.25) is 0 Å². The van der Waals surface area contributed by atoms with Crippen LogP contribution in [0.4, 0.5) is 0 Å². The molecule has 2 heteroatoms. The molecule has 1 atom stereocenters. The van der Waals surface area contributed by atoms with E-state index in [2.05, 4.69) is 54.7 Å². The molecule has 0 amide bonds. The molecule has 0 saturated heterocycles. The molecule has 0 fully saturated rings. The number of nitrogens with one attached hydrogen (secondary N) is 1. The number of benzene rings is 2. The highest BCUT2D eigenvalue weighted by molar-refractivity contribution is 5.85. The summed E-state index contributed by atoms with van der Waals surface area (Å²) in [5, 5.41) is 6.26. The van der Waals surface area contributed by atoms with E-state index in [4.69, 9.17) is 4.74 Å². The topological polar surface area (TPSA) is 21.3 Å². The van der Waals surface area contributed by atoms with Crippen LogP contribution in [0.25, 0.3) is 10.8 Å². The Morgan fingerprint density at radius 2 is 1.90 bits per heavy atom. The molecule has 0 saturated carbocycles. The summed E-state index contributed by atoms with van der Waals surface area (Å²) in [5.74, 6) is 0.692. The Bertz CT molecular complexity index is 533. The smallest absolute Gasteiger partial charge is 0.0587 e. The lowest BCUT2D eigenvalue weighted by Gasteiger charge is -2.18. The summed E-state index contributed by atoms with van der Waals surface area (Å²) in [6, 6.07) is 15.3. The first-order valence-electron chi connectivity index (χ1n) is 8.01. The summed E-state index contributed by atoms with van der Waals surface area (Å²) in [6.07, 6.45) is 3.65. The molecule has 1 N–H and O–H groups in total. The Labute approximate surface area is 128 Å². The maximum absolute atomic E-state index is 5.10. The van der Waals surface area contributed by atoms with E-state index in [0.717, 1.165) is 26.1 Å². The van der Waals surface area contributed by atoms with E-state index < -0.39 is 0 Å². The predicted molar refractivity (Wildman–Crippen MR) is 90.8 cm³/mol. The fourth-order valence-corrected chi connectivity index (χ4v) is 2.95. The Balaban J connectivity index is 2.04.